The van der Waals surface area contributed by atoms with E-state index in [4.69, 9.17) is 0 Å². The van der Waals surface area contributed by atoms with Crippen molar-refractivity contribution in [2.45, 2.75) is 50.7 Å². The SMILES string of the molecule is O=C1CCC(N2Cc3cc(C(=O)N[C@@H](c4ccccn4)C4CCC4)ccc3C2=O)C(=O)N1. The van der Waals surface area contributed by atoms with E-state index in [0.717, 1.165) is 25.0 Å². The van der Waals surface area contributed by atoms with Crippen LogP contribution in [0.5, 0.6) is 0 Å². The van der Waals surface area contributed by atoms with Crippen LogP contribution in [0.25, 0.3) is 0 Å². The Kier molecular flexibility index (Phi) is 5.20. The molecule has 3 aliphatic rings. The van der Waals surface area contributed by atoms with E-state index in [1.54, 1.807) is 24.4 Å². The van der Waals surface area contributed by atoms with Crippen molar-refractivity contribution < 1.29 is 19.2 Å². The van der Waals surface area contributed by atoms with E-state index in [9.17, 15) is 19.2 Å². The van der Waals surface area contributed by atoms with Crippen molar-refractivity contribution in [3.63, 3.8) is 0 Å². The van der Waals surface area contributed by atoms with E-state index >= 15 is 0 Å². The third-order valence-corrected chi connectivity index (χ3v) is 6.70. The second kappa shape index (κ2) is 8.18. The van der Waals surface area contributed by atoms with Gasteiger partial charge in [0, 0.05) is 30.3 Å². The Balaban J connectivity index is 1.34. The zero-order chi connectivity index (χ0) is 22.2. The van der Waals surface area contributed by atoms with E-state index in [-0.39, 0.29) is 36.7 Å². The number of carbonyl (C=O) groups is 4. The van der Waals surface area contributed by atoms with Gasteiger partial charge in [-0.1, -0.05) is 12.5 Å². The maximum absolute atomic E-state index is 13.1. The number of benzene rings is 1. The van der Waals surface area contributed by atoms with Crippen LogP contribution in [-0.2, 0) is 16.1 Å². The lowest BCUT2D eigenvalue weighted by molar-refractivity contribution is -0.136. The number of carbonyl (C=O) groups excluding carboxylic acids is 4. The van der Waals surface area contributed by atoms with E-state index in [1.165, 1.54) is 4.90 Å². The Bertz CT molecular complexity index is 1100. The molecule has 2 aliphatic heterocycles. The maximum atomic E-state index is 13.1. The average molecular weight is 432 g/mol. The summed E-state index contributed by atoms with van der Waals surface area (Å²) >= 11 is 0. The molecule has 2 fully saturated rings. The zero-order valence-corrected chi connectivity index (χ0v) is 17.5. The Labute approximate surface area is 185 Å². The molecule has 1 aliphatic carbocycles. The average Bonchev–Trinajstić information content (AvgIpc) is 3.08. The minimum atomic E-state index is -0.669. The molecule has 8 nitrogen and oxygen atoms in total. The number of fused-ring (bicyclic) bond motifs is 1. The Hall–Kier alpha value is -3.55. The number of pyridine rings is 1. The van der Waals surface area contributed by atoms with Gasteiger partial charge in [-0.3, -0.25) is 29.5 Å². The lowest BCUT2D eigenvalue weighted by Crippen LogP contribution is -2.52. The molecule has 3 heterocycles. The molecule has 0 bridgehead atoms. The van der Waals surface area contributed by atoms with Crippen molar-refractivity contribution in [2.75, 3.05) is 0 Å². The van der Waals surface area contributed by atoms with E-state index in [0.29, 0.717) is 29.0 Å². The van der Waals surface area contributed by atoms with Gasteiger partial charge in [-0.25, -0.2) is 0 Å². The summed E-state index contributed by atoms with van der Waals surface area (Å²) in [6, 6.07) is 9.92. The number of piperidine rings is 1. The smallest absolute Gasteiger partial charge is 0.255 e. The summed E-state index contributed by atoms with van der Waals surface area (Å²) < 4.78 is 0. The molecule has 0 spiro atoms. The van der Waals surface area contributed by atoms with Crippen LogP contribution < -0.4 is 10.6 Å². The van der Waals surface area contributed by atoms with Gasteiger partial charge in [-0.05, 0) is 61.1 Å². The van der Waals surface area contributed by atoms with Crippen molar-refractivity contribution in [1.82, 2.24) is 20.5 Å². The minimum absolute atomic E-state index is 0.146. The number of hydrogen-bond acceptors (Lipinski definition) is 5. The summed E-state index contributed by atoms with van der Waals surface area (Å²) in [6.45, 7) is 0.244. The standard InChI is InChI=1S/C24H24N4O4/c29-20-10-9-19(23(31)26-20)28-13-16-12-15(7-8-17(16)24(28)32)22(30)27-21(14-4-3-5-14)18-6-1-2-11-25-18/h1-2,6-8,11-12,14,19,21H,3-5,9-10,13H2,(H,27,30)(H,26,29,31)/t19?,21-/m1/s1. The van der Waals surface area contributed by atoms with Gasteiger partial charge >= 0.3 is 0 Å². The molecular weight excluding hydrogens is 408 g/mol. The summed E-state index contributed by atoms with van der Waals surface area (Å²) in [6.07, 6.45) is 5.52. The van der Waals surface area contributed by atoms with Crippen LogP contribution in [0, 0.1) is 5.92 Å². The van der Waals surface area contributed by atoms with E-state index < -0.39 is 11.9 Å². The molecular formula is C24H24N4O4. The molecule has 1 unspecified atom stereocenters. The first kappa shape index (κ1) is 20.4. The van der Waals surface area contributed by atoms with Gasteiger partial charge in [0.1, 0.15) is 6.04 Å². The van der Waals surface area contributed by atoms with E-state index in [2.05, 4.69) is 15.6 Å². The highest BCUT2D eigenvalue weighted by atomic mass is 16.2. The monoisotopic (exact) mass is 432 g/mol. The third-order valence-electron chi connectivity index (χ3n) is 6.70. The van der Waals surface area contributed by atoms with Crippen LogP contribution in [-0.4, -0.2) is 39.6 Å². The van der Waals surface area contributed by atoms with Crippen molar-refractivity contribution in [3.8, 4) is 0 Å². The fourth-order valence-corrected chi connectivity index (χ4v) is 4.71. The topological polar surface area (TPSA) is 108 Å². The van der Waals surface area contributed by atoms with Crippen molar-refractivity contribution in [2.24, 2.45) is 5.92 Å². The van der Waals surface area contributed by atoms with Crippen LogP contribution in [0.15, 0.2) is 42.6 Å². The number of aromatic nitrogens is 1. The molecule has 2 aromatic rings. The summed E-state index contributed by atoms with van der Waals surface area (Å²) in [7, 11) is 0. The molecule has 1 aromatic carbocycles. The normalized spacial score (nSPS) is 21.6. The number of amides is 4. The van der Waals surface area contributed by atoms with Gasteiger partial charge in [-0.15, -0.1) is 0 Å². The van der Waals surface area contributed by atoms with Gasteiger partial charge < -0.3 is 10.2 Å². The summed E-state index contributed by atoms with van der Waals surface area (Å²) in [5, 5.41) is 5.44. The van der Waals surface area contributed by atoms with Crippen molar-refractivity contribution in [3.05, 3.63) is 65.0 Å². The first-order valence-electron chi connectivity index (χ1n) is 11.0. The number of nitrogens with zero attached hydrogens (tertiary/aromatic N) is 2. The summed E-state index contributed by atoms with van der Waals surface area (Å²) in [5.41, 5.74) is 2.53. The third kappa shape index (κ3) is 3.66. The molecule has 1 saturated heterocycles. The molecule has 4 amide bonds. The number of imide groups is 1. The van der Waals surface area contributed by atoms with Gasteiger partial charge in [0.25, 0.3) is 11.8 Å². The molecule has 164 valence electrons. The van der Waals surface area contributed by atoms with E-state index in [1.807, 2.05) is 18.2 Å². The Morgan fingerprint density at radius 3 is 2.66 bits per heavy atom. The molecule has 2 atom stereocenters. The molecule has 32 heavy (non-hydrogen) atoms. The molecule has 1 saturated carbocycles. The maximum Gasteiger partial charge on any atom is 0.255 e. The quantitative estimate of drug-likeness (QED) is 0.704. The lowest BCUT2D eigenvalue weighted by Gasteiger charge is -2.34. The number of rotatable bonds is 5. The highest BCUT2D eigenvalue weighted by Gasteiger charge is 2.39. The molecule has 1 aromatic heterocycles. The first-order valence-corrected chi connectivity index (χ1v) is 11.0. The van der Waals surface area contributed by atoms with Crippen molar-refractivity contribution >= 4 is 23.6 Å². The molecule has 8 heteroatoms. The fourth-order valence-electron chi connectivity index (χ4n) is 4.71. The van der Waals surface area contributed by atoms with Crippen LogP contribution in [0.4, 0.5) is 0 Å². The highest BCUT2D eigenvalue weighted by Crippen LogP contribution is 2.37. The van der Waals surface area contributed by atoms with Crippen molar-refractivity contribution in [1.29, 1.82) is 0 Å². The van der Waals surface area contributed by atoms with Crippen LogP contribution in [0.3, 0.4) is 0 Å². The zero-order valence-electron chi connectivity index (χ0n) is 17.5. The summed E-state index contributed by atoms with van der Waals surface area (Å²) in [4.78, 5) is 55.5. The fraction of sp³-hybridized carbons (Fsp3) is 0.375. The van der Waals surface area contributed by atoms with Gasteiger partial charge in [-0.2, -0.15) is 0 Å². The Morgan fingerprint density at radius 2 is 1.97 bits per heavy atom. The predicted molar refractivity (Wildman–Crippen MR) is 114 cm³/mol. The van der Waals surface area contributed by atoms with Crippen LogP contribution >= 0.6 is 0 Å². The highest BCUT2D eigenvalue weighted by molar-refractivity contribution is 6.06. The molecule has 2 N–H and O–H groups in total. The second-order valence-corrected chi connectivity index (χ2v) is 8.67. The molecule has 0 radical (unpaired) electrons. The second-order valence-electron chi connectivity index (χ2n) is 8.67. The number of hydrogen-bond donors (Lipinski definition) is 2. The van der Waals surface area contributed by atoms with Crippen LogP contribution in [0.1, 0.15) is 70.1 Å². The minimum Gasteiger partial charge on any atom is -0.343 e. The Morgan fingerprint density at radius 1 is 1.12 bits per heavy atom. The largest absolute Gasteiger partial charge is 0.343 e. The molecule has 5 rings (SSSR count). The van der Waals surface area contributed by atoms with Gasteiger partial charge in [0.15, 0.2) is 0 Å². The van der Waals surface area contributed by atoms with Gasteiger partial charge in [0.2, 0.25) is 11.8 Å². The first-order chi connectivity index (χ1) is 15.5. The number of nitrogens with one attached hydrogen (secondary N) is 2. The predicted octanol–water partition coefficient (Wildman–Crippen LogP) is 2.11. The summed E-state index contributed by atoms with van der Waals surface area (Å²) in [5.74, 6) is -0.847. The van der Waals surface area contributed by atoms with Crippen LogP contribution in [0.2, 0.25) is 0 Å². The lowest BCUT2D eigenvalue weighted by atomic mass is 9.78. The van der Waals surface area contributed by atoms with Gasteiger partial charge in [0.05, 0.1) is 11.7 Å².